The third-order valence-corrected chi connectivity index (χ3v) is 6.10. The first kappa shape index (κ1) is 26.5. The molecule has 0 amide bonds. The fourth-order valence-corrected chi connectivity index (χ4v) is 4.19. The predicted molar refractivity (Wildman–Crippen MR) is 136 cm³/mol. The van der Waals surface area contributed by atoms with Gasteiger partial charge in [0.2, 0.25) is 17.6 Å². The number of Topliss-reactive ketones (excluding diaryl/α,β-unsaturated/α-hetero) is 1. The molecule has 0 fully saturated rings. The summed E-state index contributed by atoms with van der Waals surface area (Å²) in [5.74, 6) is 1.23. The molecule has 10 heteroatoms. The Morgan fingerprint density at radius 2 is 1.32 bits per heavy atom. The van der Waals surface area contributed by atoms with Gasteiger partial charge in [0.25, 0.3) is 0 Å². The maximum Gasteiger partial charge on any atom is 0.339 e. The van der Waals surface area contributed by atoms with Crippen molar-refractivity contribution in [2.45, 2.75) is 12.2 Å². The van der Waals surface area contributed by atoms with Gasteiger partial charge in [0.1, 0.15) is 28.6 Å². The van der Waals surface area contributed by atoms with Crippen molar-refractivity contribution in [3.8, 4) is 40.2 Å². The van der Waals surface area contributed by atoms with Crippen LogP contribution in [-0.2, 0) is 4.74 Å². The van der Waals surface area contributed by atoms with Gasteiger partial charge >= 0.3 is 5.97 Å². The summed E-state index contributed by atoms with van der Waals surface area (Å²) in [6, 6.07) is 12.7. The summed E-state index contributed by atoms with van der Waals surface area (Å²) >= 11 is 0. The van der Waals surface area contributed by atoms with Crippen LogP contribution in [0.4, 0.5) is 0 Å². The first-order chi connectivity index (χ1) is 18.4. The molecule has 3 aromatic carbocycles. The van der Waals surface area contributed by atoms with Crippen molar-refractivity contribution >= 4 is 11.8 Å². The average molecular weight is 525 g/mol. The van der Waals surface area contributed by atoms with Crippen LogP contribution in [0.3, 0.4) is 0 Å². The summed E-state index contributed by atoms with van der Waals surface area (Å²) in [6.45, 7) is 0. The van der Waals surface area contributed by atoms with Crippen molar-refractivity contribution in [3.63, 3.8) is 0 Å². The number of hydrogen-bond acceptors (Lipinski definition) is 10. The Kier molecular flexibility index (Phi) is 7.80. The van der Waals surface area contributed by atoms with E-state index in [0.29, 0.717) is 34.3 Å². The Hall–Kier alpha value is -4.60. The van der Waals surface area contributed by atoms with Crippen LogP contribution in [0.15, 0.2) is 48.5 Å². The van der Waals surface area contributed by atoms with Crippen LogP contribution < -0.4 is 33.2 Å². The third kappa shape index (κ3) is 4.84. The molecular weight excluding hydrogens is 496 g/mol. The van der Waals surface area contributed by atoms with E-state index in [9.17, 15) is 9.59 Å². The highest BCUT2D eigenvalue weighted by molar-refractivity contribution is 6.07. The fraction of sp³-hybridized carbons (Fsp3) is 0.286. The van der Waals surface area contributed by atoms with E-state index in [4.69, 9.17) is 37.9 Å². The van der Waals surface area contributed by atoms with E-state index in [1.165, 1.54) is 42.7 Å². The van der Waals surface area contributed by atoms with E-state index < -0.39 is 24.0 Å². The Bertz CT molecular complexity index is 1310. The fourth-order valence-electron chi connectivity index (χ4n) is 4.19. The number of ether oxygens (including phenoxy) is 8. The van der Waals surface area contributed by atoms with Gasteiger partial charge in [-0.25, -0.2) is 4.79 Å². The van der Waals surface area contributed by atoms with Crippen LogP contribution >= 0.6 is 0 Å². The second-order valence-corrected chi connectivity index (χ2v) is 8.12. The number of carbonyl (C=O) groups excluding carboxylic acids is 2. The molecule has 4 rings (SSSR count). The number of esters is 1. The lowest BCUT2D eigenvalue weighted by Gasteiger charge is -2.33. The summed E-state index contributed by atoms with van der Waals surface area (Å²) in [4.78, 5) is 27.1. The van der Waals surface area contributed by atoms with Crippen molar-refractivity contribution in [3.05, 3.63) is 65.2 Å². The van der Waals surface area contributed by atoms with Crippen LogP contribution in [0.1, 0.15) is 32.4 Å². The number of carbonyl (C=O) groups is 2. The molecule has 0 N–H and O–H groups in total. The second kappa shape index (κ2) is 11.2. The lowest BCUT2D eigenvalue weighted by Crippen LogP contribution is -2.40. The molecule has 0 spiro atoms. The Labute approximate surface area is 219 Å². The van der Waals surface area contributed by atoms with Crippen LogP contribution in [0, 0.1) is 0 Å². The topological polar surface area (TPSA) is 108 Å². The summed E-state index contributed by atoms with van der Waals surface area (Å²) in [5.41, 5.74) is 0.812. The smallest absolute Gasteiger partial charge is 0.339 e. The zero-order valence-electron chi connectivity index (χ0n) is 21.9. The van der Waals surface area contributed by atoms with Gasteiger partial charge in [0.15, 0.2) is 17.6 Å². The van der Waals surface area contributed by atoms with Crippen LogP contribution in [-0.4, -0.2) is 60.5 Å². The number of benzene rings is 3. The first-order valence-electron chi connectivity index (χ1n) is 11.5. The molecule has 1 aliphatic rings. The summed E-state index contributed by atoms with van der Waals surface area (Å²) in [5, 5.41) is 0. The van der Waals surface area contributed by atoms with Gasteiger partial charge < -0.3 is 37.9 Å². The zero-order chi connectivity index (χ0) is 27.4. The maximum absolute atomic E-state index is 13.9. The molecule has 0 aliphatic carbocycles. The monoisotopic (exact) mass is 524 g/mol. The maximum atomic E-state index is 13.9. The highest BCUT2D eigenvalue weighted by Crippen LogP contribution is 2.46. The van der Waals surface area contributed by atoms with Crippen molar-refractivity contribution in [2.75, 3.05) is 42.7 Å². The van der Waals surface area contributed by atoms with Gasteiger partial charge in [0.05, 0.1) is 48.2 Å². The van der Waals surface area contributed by atoms with Gasteiger partial charge in [-0.3, -0.25) is 4.79 Å². The van der Waals surface area contributed by atoms with Gasteiger partial charge in [-0.05, 0) is 36.4 Å². The minimum Gasteiger partial charge on any atom is -0.497 e. The standard InChI is InChI=1S/C28H28O10/c1-31-17-9-7-15(8-10-17)28(30)38-27-24(29)23-19(33-3)13-18(32-2)14-20(23)37-25(27)16-11-21(34-4)26(36-6)22(12-16)35-5/h7-14,25,27H,1-6H3/t25-,27+/m1/s1. The normalized spacial score (nSPS) is 16.0. The number of rotatable bonds is 9. The number of methoxy groups -OCH3 is 6. The van der Waals surface area contributed by atoms with E-state index in [2.05, 4.69) is 0 Å². The van der Waals surface area contributed by atoms with Crippen LogP contribution in [0.25, 0.3) is 0 Å². The highest BCUT2D eigenvalue weighted by atomic mass is 16.6. The molecule has 0 aromatic heterocycles. The minimum atomic E-state index is -1.37. The number of fused-ring (bicyclic) bond motifs is 1. The van der Waals surface area contributed by atoms with Gasteiger partial charge in [-0.2, -0.15) is 0 Å². The van der Waals surface area contributed by atoms with Crippen molar-refractivity contribution in [1.82, 2.24) is 0 Å². The van der Waals surface area contributed by atoms with E-state index in [1.807, 2.05) is 0 Å². The summed E-state index contributed by atoms with van der Waals surface area (Å²) in [6.07, 6.45) is -2.44. The van der Waals surface area contributed by atoms with Crippen LogP contribution in [0.5, 0.6) is 40.2 Å². The van der Waals surface area contributed by atoms with Crippen molar-refractivity contribution < 1.29 is 47.5 Å². The van der Waals surface area contributed by atoms with E-state index in [1.54, 1.807) is 48.5 Å². The van der Waals surface area contributed by atoms with E-state index in [0.717, 1.165) is 0 Å². The Morgan fingerprint density at radius 1 is 0.711 bits per heavy atom. The zero-order valence-corrected chi connectivity index (χ0v) is 21.9. The predicted octanol–water partition coefficient (Wildman–Crippen LogP) is 4.28. The lowest BCUT2D eigenvalue weighted by atomic mass is 9.92. The first-order valence-corrected chi connectivity index (χ1v) is 11.5. The molecular formula is C28H28O10. The SMILES string of the molecule is COc1ccc(C(=O)O[C@H]2C(=O)c3c(OC)cc(OC)cc3O[C@@H]2c2cc(OC)c(OC)c(OC)c2)cc1. The molecule has 0 bridgehead atoms. The van der Waals surface area contributed by atoms with Gasteiger partial charge in [-0.15, -0.1) is 0 Å². The number of hydrogen-bond donors (Lipinski definition) is 0. The molecule has 10 nitrogen and oxygen atoms in total. The third-order valence-electron chi connectivity index (χ3n) is 6.10. The second-order valence-electron chi connectivity index (χ2n) is 8.12. The van der Waals surface area contributed by atoms with Gasteiger partial charge in [0, 0.05) is 17.7 Å². The van der Waals surface area contributed by atoms with Gasteiger partial charge in [-0.1, -0.05) is 0 Å². The molecule has 0 unspecified atom stereocenters. The Balaban J connectivity index is 1.84. The molecule has 2 atom stereocenters. The average Bonchev–Trinajstić information content (AvgIpc) is 2.96. The summed E-state index contributed by atoms with van der Waals surface area (Å²) in [7, 11) is 8.86. The summed E-state index contributed by atoms with van der Waals surface area (Å²) < 4.78 is 44.4. The molecule has 38 heavy (non-hydrogen) atoms. The van der Waals surface area contributed by atoms with Crippen LogP contribution in [0.2, 0.25) is 0 Å². The minimum absolute atomic E-state index is 0.129. The van der Waals surface area contributed by atoms with E-state index >= 15 is 0 Å². The molecule has 1 heterocycles. The Morgan fingerprint density at radius 3 is 1.84 bits per heavy atom. The largest absolute Gasteiger partial charge is 0.497 e. The van der Waals surface area contributed by atoms with Crippen molar-refractivity contribution in [2.24, 2.45) is 0 Å². The lowest BCUT2D eigenvalue weighted by molar-refractivity contribution is -0.0102. The molecule has 3 aromatic rings. The number of ketones is 1. The van der Waals surface area contributed by atoms with Crippen molar-refractivity contribution in [1.29, 1.82) is 0 Å². The molecule has 0 radical (unpaired) electrons. The molecule has 0 saturated heterocycles. The quantitative estimate of drug-likeness (QED) is 0.376. The molecule has 200 valence electrons. The van der Waals surface area contributed by atoms with E-state index in [-0.39, 0.29) is 22.6 Å². The molecule has 0 saturated carbocycles. The highest BCUT2D eigenvalue weighted by Gasteiger charge is 2.44. The molecule has 1 aliphatic heterocycles.